The minimum Gasteiger partial charge on any atom is -0.368 e. The molecule has 1 aliphatic rings. The number of aryl methyl sites for hydroxylation is 1. The van der Waals surface area contributed by atoms with E-state index in [1.807, 2.05) is 0 Å². The molecule has 1 N–H and O–H groups in total. The van der Waals surface area contributed by atoms with Crippen LogP contribution in [0.5, 0.6) is 0 Å². The maximum absolute atomic E-state index is 13.0. The van der Waals surface area contributed by atoms with Gasteiger partial charge in [-0.05, 0) is 48.7 Å². The van der Waals surface area contributed by atoms with Gasteiger partial charge in [-0.3, -0.25) is 0 Å². The molecule has 29 heavy (non-hydrogen) atoms. The molecule has 1 fully saturated rings. The summed E-state index contributed by atoms with van der Waals surface area (Å²) >= 11 is 0. The molecule has 0 radical (unpaired) electrons. The number of hydrogen-bond donors (Lipinski definition) is 1. The third-order valence-corrected chi connectivity index (χ3v) is 5.41. The molecular weight excluding hydrogens is 367 g/mol. The van der Waals surface area contributed by atoms with Gasteiger partial charge in [-0.25, -0.2) is 4.39 Å². The van der Waals surface area contributed by atoms with Crippen molar-refractivity contribution in [3.8, 4) is 0 Å². The quantitative estimate of drug-likeness (QED) is 0.716. The van der Waals surface area contributed by atoms with E-state index in [4.69, 9.17) is 0 Å². The van der Waals surface area contributed by atoms with Crippen LogP contribution in [0.25, 0.3) is 0 Å². The first-order valence-corrected chi connectivity index (χ1v) is 9.84. The normalized spacial score (nSPS) is 14.2. The number of nitrogens with one attached hydrogen (secondary N) is 1. The van der Waals surface area contributed by atoms with Crippen LogP contribution in [-0.4, -0.2) is 41.4 Å². The summed E-state index contributed by atoms with van der Waals surface area (Å²) in [7, 11) is 0. The largest absolute Gasteiger partial charge is 0.368 e. The molecule has 1 saturated heterocycles. The molecular formula is C22H25FN6. The van der Waals surface area contributed by atoms with Gasteiger partial charge in [0.25, 0.3) is 0 Å². The highest BCUT2D eigenvalue weighted by Crippen LogP contribution is 2.24. The molecule has 0 unspecified atom stereocenters. The van der Waals surface area contributed by atoms with E-state index in [9.17, 15) is 4.39 Å². The fourth-order valence-corrected chi connectivity index (χ4v) is 3.53. The molecule has 0 amide bonds. The second kappa shape index (κ2) is 8.43. The van der Waals surface area contributed by atoms with Gasteiger partial charge in [0.05, 0.1) is 6.20 Å². The van der Waals surface area contributed by atoms with Gasteiger partial charge in [-0.1, -0.05) is 24.3 Å². The van der Waals surface area contributed by atoms with Crippen LogP contribution in [0, 0.1) is 19.7 Å². The maximum atomic E-state index is 13.0. The third-order valence-electron chi connectivity index (χ3n) is 5.41. The molecule has 4 rings (SSSR count). The third kappa shape index (κ3) is 4.45. The standard InChI is InChI=1S/C22H25FN6/c1-16-4-3-5-20(17(16)2)28-10-12-29(13-11-28)22-26-21(15-25-27-22)24-14-18-6-8-19(23)9-7-18/h3-9,15H,10-14H2,1-2H3,(H,24,26,27). The molecule has 1 aliphatic heterocycles. The van der Waals surface area contributed by atoms with Crippen molar-refractivity contribution in [1.29, 1.82) is 0 Å². The number of rotatable bonds is 5. The molecule has 2 aromatic carbocycles. The van der Waals surface area contributed by atoms with E-state index >= 15 is 0 Å². The highest BCUT2D eigenvalue weighted by Gasteiger charge is 2.21. The summed E-state index contributed by atoms with van der Waals surface area (Å²) in [5.41, 5.74) is 4.94. The molecule has 1 aromatic heterocycles. The average Bonchev–Trinajstić information content (AvgIpc) is 2.76. The van der Waals surface area contributed by atoms with Crippen molar-refractivity contribution < 1.29 is 4.39 Å². The lowest BCUT2D eigenvalue weighted by Crippen LogP contribution is -2.47. The summed E-state index contributed by atoms with van der Waals surface area (Å²) in [4.78, 5) is 9.19. The Morgan fingerprint density at radius 2 is 1.69 bits per heavy atom. The molecule has 3 aromatic rings. The van der Waals surface area contributed by atoms with E-state index in [1.165, 1.54) is 28.9 Å². The molecule has 2 heterocycles. The number of piperazine rings is 1. The van der Waals surface area contributed by atoms with Crippen LogP contribution in [0.2, 0.25) is 0 Å². The van der Waals surface area contributed by atoms with Crippen LogP contribution in [0.1, 0.15) is 16.7 Å². The van der Waals surface area contributed by atoms with Crippen molar-refractivity contribution in [2.24, 2.45) is 0 Å². The Bertz CT molecular complexity index is 967. The van der Waals surface area contributed by atoms with Gasteiger partial charge >= 0.3 is 0 Å². The van der Waals surface area contributed by atoms with E-state index in [0.717, 1.165) is 31.7 Å². The zero-order valence-corrected chi connectivity index (χ0v) is 16.8. The lowest BCUT2D eigenvalue weighted by atomic mass is 10.1. The van der Waals surface area contributed by atoms with Gasteiger partial charge in [0.1, 0.15) is 5.82 Å². The van der Waals surface area contributed by atoms with Gasteiger partial charge < -0.3 is 15.1 Å². The lowest BCUT2D eigenvalue weighted by molar-refractivity contribution is 0.627. The first kappa shape index (κ1) is 19.1. The van der Waals surface area contributed by atoms with Gasteiger partial charge in [0, 0.05) is 38.4 Å². The topological polar surface area (TPSA) is 57.2 Å². The van der Waals surface area contributed by atoms with E-state index < -0.39 is 0 Å². The van der Waals surface area contributed by atoms with Crippen LogP contribution in [-0.2, 0) is 6.54 Å². The van der Waals surface area contributed by atoms with Crippen molar-refractivity contribution in [3.63, 3.8) is 0 Å². The van der Waals surface area contributed by atoms with Crippen molar-refractivity contribution >= 4 is 17.5 Å². The Labute approximate surface area is 170 Å². The van der Waals surface area contributed by atoms with E-state index in [-0.39, 0.29) is 5.82 Å². The number of hydrogen-bond acceptors (Lipinski definition) is 6. The Kier molecular flexibility index (Phi) is 5.55. The molecule has 0 aliphatic carbocycles. The summed E-state index contributed by atoms with van der Waals surface area (Å²) in [6.07, 6.45) is 1.61. The predicted molar refractivity (Wildman–Crippen MR) is 114 cm³/mol. The van der Waals surface area contributed by atoms with Crippen LogP contribution < -0.4 is 15.1 Å². The fraction of sp³-hybridized carbons (Fsp3) is 0.318. The van der Waals surface area contributed by atoms with Crippen molar-refractivity contribution in [3.05, 3.63) is 71.2 Å². The molecule has 0 bridgehead atoms. The first-order valence-electron chi connectivity index (χ1n) is 9.84. The summed E-state index contributed by atoms with van der Waals surface area (Å²) in [6, 6.07) is 12.9. The van der Waals surface area contributed by atoms with Gasteiger partial charge in [-0.2, -0.15) is 10.1 Å². The average molecular weight is 392 g/mol. The van der Waals surface area contributed by atoms with Gasteiger partial charge in [-0.15, -0.1) is 5.10 Å². The van der Waals surface area contributed by atoms with Crippen LogP contribution in [0.4, 0.5) is 21.8 Å². The minimum absolute atomic E-state index is 0.236. The highest BCUT2D eigenvalue weighted by molar-refractivity contribution is 5.57. The van der Waals surface area contributed by atoms with E-state index in [1.54, 1.807) is 18.3 Å². The monoisotopic (exact) mass is 392 g/mol. The van der Waals surface area contributed by atoms with Crippen molar-refractivity contribution in [2.75, 3.05) is 41.3 Å². The zero-order chi connectivity index (χ0) is 20.2. The number of anilines is 3. The molecule has 0 saturated carbocycles. The Morgan fingerprint density at radius 3 is 2.45 bits per heavy atom. The van der Waals surface area contributed by atoms with Crippen molar-refractivity contribution in [1.82, 2.24) is 15.2 Å². The minimum atomic E-state index is -0.236. The number of benzene rings is 2. The smallest absolute Gasteiger partial charge is 0.247 e. The van der Waals surface area contributed by atoms with Crippen molar-refractivity contribution in [2.45, 2.75) is 20.4 Å². The van der Waals surface area contributed by atoms with Crippen LogP contribution >= 0.6 is 0 Å². The summed E-state index contributed by atoms with van der Waals surface area (Å²) < 4.78 is 13.0. The number of aromatic nitrogens is 3. The van der Waals surface area contributed by atoms with Crippen LogP contribution in [0.15, 0.2) is 48.7 Å². The Hall–Kier alpha value is -3.22. The second-order valence-corrected chi connectivity index (χ2v) is 7.31. The Balaban J connectivity index is 1.38. The summed E-state index contributed by atoms with van der Waals surface area (Å²) in [6.45, 7) is 8.41. The van der Waals surface area contributed by atoms with Gasteiger partial charge in [0.2, 0.25) is 5.95 Å². The molecule has 6 nitrogen and oxygen atoms in total. The SMILES string of the molecule is Cc1cccc(N2CCN(c3nncc(NCc4ccc(F)cc4)n3)CC2)c1C. The van der Waals surface area contributed by atoms with Crippen LogP contribution in [0.3, 0.4) is 0 Å². The zero-order valence-electron chi connectivity index (χ0n) is 16.8. The summed E-state index contributed by atoms with van der Waals surface area (Å²) in [5, 5.41) is 11.5. The Morgan fingerprint density at radius 1 is 0.966 bits per heavy atom. The van der Waals surface area contributed by atoms with E-state index in [2.05, 4.69) is 62.3 Å². The summed E-state index contributed by atoms with van der Waals surface area (Å²) in [5.74, 6) is 1.06. The number of nitrogens with zero attached hydrogens (tertiary/aromatic N) is 5. The molecule has 7 heteroatoms. The number of halogens is 1. The molecule has 0 spiro atoms. The second-order valence-electron chi connectivity index (χ2n) is 7.31. The predicted octanol–water partition coefficient (Wildman–Crippen LogP) is 3.57. The first-order chi connectivity index (χ1) is 14.1. The fourth-order valence-electron chi connectivity index (χ4n) is 3.53. The van der Waals surface area contributed by atoms with E-state index in [0.29, 0.717) is 18.3 Å². The lowest BCUT2D eigenvalue weighted by Gasteiger charge is -2.36. The molecule has 0 atom stereocenters. The highest BCUT2D eigenvalue weighted by atomic mass is 19.1. The molecule has 150 valence electrons. The maximum Gasteiger partial charge on any atom is 0.247 e. The van der Waals surface area contributed by atoms with Gasteiger partial charge in [0.15, 0.2) is 5.82 Å².